The molecule has 0 amide bonds. The summed E-state index contributed by atoms with van der Waals surface area (Å²) in [6.07, 6.45) is 0.327. The Balaban J connectivity index is 2.65. The summed E-state index contributed by atoms with van der Waals surface area (Å²) in [7, 11) is 0. The molecule has 2 rings (SSSR count). The highest BCUT2D eigenvalue weighted by molar-refractivity contribution is 5.80. The molecule has 32 heavy (non-hydrogen) atoms. The van der Waals surface area contributed by atoms with Crippen molar-refractivity contribution < 1.29 is 29.6 Å². The molecule has 1 heterocycles. The lowest BCUT2D eigenvalue weighted by Gasteiger charge is -2.23. The zero-order chi connectivity index (χ0) is 24.0. The van der Waals surface area contributed by atoms with Crippen LogP contribution in [0.3, 0.4) is 0 Å². The molecule has 0 fully saturated rings. The molecule has 0 aliphatic heterocycles. The van der Waals surface area contributed by atoms with Crippen molar-refractivity contribution in [2.24, 2.45) is 0 Å². The van der Waals surface area contributed by atoms with Gasteiger partial charge in [0.25, 0.3) is 0 Å². The van der Waals surface area contributed by atoms with Crippen LogP contribution in [0.25, 0.3) is 17.2 Å². The van der Waals surface area contributed by atoms with Crippen molar-refractivity contribution >= 4 is 12.0 Å². The summed E-state index contributed by atoms with van der Waals surface area (Å²) >= 11 is 0. The normalized spacial score (nSPS) is 13.8. The van der Waals surface area contributed by atoms with Crippen LogP contribution in [-0.2, 0) is 11.4 Å². The van der Waals surface area contributed by atoms with Gasteiger partial charge in [-0.2, -0.15) is 0 Å². The number of nitrogens with zero attached hydrogens (tertiary/aromatic N) is 1. The quantitative estimate of drug-likeness (QED) is 0.436. The number of carbonyl (C=O) groups is 1. The minimum atomic E-state index is -1.18. The van der Waals surface area contributed by atoms with Crippen LogP contribution < -0.4 is 0 Å². The first kappa shape index (κ1) is 25.6. The fourth-order valence-corrected chi connectivity index (χ4v) is 3.72. The number of hydrogen-bond donors (Lipinski definition) is 4. The average Bonchev–Trinajstić information content (AvgIpc) is 2.70. The number of hydrogen-bond acceptors (Lipinski definition) is 5. The van der Waals surface area contributed by atoms with E-state index in [2.05, 4.69) is 0 Å². The maximum atomic E-state index is 13.6. The SMILES string of the molecule is CC(C)c1nc(C(C)C)c(CO)c(-c2ccc(F)cc2)c1C=CC(O)CC(O)CC(=O)O. The standard InChI is InChI=1S/C25H32FNO5/c1-14(2)24-20(10-9-18(29)11-19(30)12-22(31)32)23(16-5-7-17(26)8-6-16)21(13-28)25(27-24)15(3)4/h5-10,14-15,18-19,28-30H,11-13H2,1-4H3,(H,31,32). The molecule has 2 unspecified atom stereocenters. The summed E-state index contributed by atoms with van der Waals surface area (Å²) in [6.45, 7) is 7.70. The number of aliphatic hydroxyl groups excluding tert-OH is 3. The number of benzene rings is 1. The van der Waals surface area contributed by atoms with E-state index in [9.17, 15) is 24.5 Å². The molecule has 1 aromatic heterocycles. The Morgan fingerprint density at radius 3 is 2.16 bits per heavy atom. The summed E-state index contributed by atoms with van der Waals surface area (Å²) in [5, 5.41) is 39.2. The lowest BCUT2D eigenvalue weighted by molar-refractivity contribution is -0.139. The van der Waals surface area contributed by atoms with Gasteiger partial charge in [0.05, 0.1) is 30.9 Å². The molecule has 7 heteroatoms. The number of aliphatic hydroxyl groups is 3. The van der Waals surface area contributed by atoms with Gasteiger partial charge in [-0.1, -0.05) is 52.0 Å². The molecule has 1 aromatic carbocycles. The second kappa shape index (κ2) is 11.3. The Morgan fingerprint density at radius 1 is 1.06 bits per heavy atom. The van der Waals surface area contributed by atoms with Gasteiger partial charge in [-0.25, -0.2) is 4.39 Å². The van der Waals surface area contributed by atoms with E-state index in [4.69, 9.17) is 10.1 Å². The molecule has 0 bridgehead atoms. The number of rotatable bonds is 10. The maximum Gasteiger partial charge on any atom is 0.305 e. The van der Waals surface area contributed by atoms with Gasteiger partial charge in [0.2, 0.25) is 0 Å². The van der Waals surface area contributed by atoms with Crippen molar-refractivity contribution in [2.45, 2.75) is 71.2 Å². The molecule has 0 spiro atoms. The van der Waals surface area contributed by atoms with Crippen LogP contribution in [0.15, 0.2) is 30.3 Å². The van der Waals surface area contributed by atoms with Crippen LogP contribution >= 0.6 is 0 Å². The van der Waals surface area contributed by atoms with Crippen LogP contribution in [0.1, 0.15) is 74.9 Å². The Labute approximate surface area is 188 Å². The number of aromatic nitrogens is 1. The summed E-state index contributed by atoms with van der Waals surface area (Å²) in [6, 6.07) is 5.99. The van der Waals surface area contributed by atoms with E-state index in [1.54, 1.807) is 18.2 Å². The Kier molecular flexibility index (Phi) is 9.07. The molecule has 2 aromatic rings. The lowest BCUT2D eigenvalue weighted by Crippen LogP contribution is -2.19. The Bertz CT molecular complexity index is 954. The van der Waals surface area contributed by atoms with Gasteiger partial charge in [-0.05, 0) is 35.1 Å². The molecular formula is C25H32FNO5. The van der Waals surface area contributed by atoms with Crippen LogP contribution in [0.5, 0.6) is 0 Å². The van der Waals surface area contributed by atoms with Gasteiger partial charge >= 0.3 is 5.97 Å². The first-order chi connectivity index (χ1) is 15.0. The predicted octanol–water partition coefficient (Wildman–Crippen LogP) is 4.23. The number of halogens is 1. The smallest absolute Gasteiger partial charge is 0.305 e. The van der Waals surface area contributed by atoms with E-state index in [0.29, 0.717) is 22.3 Å². The third-order valence-electron chi connectivity index (χ3n) is 5.19. The maximum absolute atomic E-state index is 13.6. The molecular weight excluding hydrogens is 413 g/mol. The molecule has 0 aliphatic rings. The first-order valence-corrected chi connectivity index (χ1v) is 10.7. The van der Waals surface area contributed by atoms with Crippen molar-refractivity contribution in [1.82, 2.24) is 4.98 Å². The van der Waals surface area contributed by atoms with Crippen molar-refractivity contribution in [3.8, 4) is 11.1 Å². The van der Waals surface area contributed by atoms with Gasteiger partial charge < -0.3 is 20.4 Å². The molecule has 174 valence electrons. The van der Waals surface area contributed by atoms with Crippen molar-refractivity contribution in [3.63, 3.8) is 0 Å². The van der Waals surface area contributed by atoms with Crippen molar-refractivity contribution in [2.75, 3.05) is 0 Å². The highest BCUT2D eigenvalue weighted by atomic mass is 19.1. The van der Waals surface area contributed by atoms with Crippen molar-refractivity contribution in [3.05, 3.63) is 58.7 Å². The molecule has 0 saturated heterocycles. The molecule has 0 aliphatic carbocycles. The average molecular weight is 446 g/mol. The van der Waals surface area contributed by atoms with Gasteiger partial charge in [0, 0.05) is 23.2 Å². The van der Waals surface area contributed by atoms with Crippen LogP contribution in [0, 0.1) is 5.82 Å². The summed E-state index contributed by atoms with van der Waals surface area (Å²) in [4.78, 5) is 15.6. The van der Waals surface area contributed by atoms with E-state index >= 15 is 0 Å². The third-order valence-corrected chi connectivity index (χ3v) is 5.19. The second-order valence-electron chi connectivity index (χ2n) is 8.54. The summed E-state index contributed by atoms with van der Waals surface area (Å²) < 4.78 is 13.6. The summed E-state index contributed by atoms with van der Waals surface area (Å²) in [5.74, 6) is -1.45. The monoisotopic (exact) mass is 445 g/mol. The molecule has 2 atom stereocenters. The van der Waals surface area contributed by atoms with Gasteiger partial charge in [0.1, 0.15) is 5.82 Å². The molecule has 4 N–H and O–H groups in total. The van der Waals surface area contributed by atoms with E-state index in [-0.39, 0.29) is 30.7 Å². The largest absolute Gasteiger partial charge is 0.481 e. The molecule has 6 nitrogen and oxygen atoms in total. The molecule has 0 radical (unpaired) electrons. The lowest BCUT2D eigenvalue weighted by atomic mass is 9.87. The van der Waals surface area contributed by atoms with Gasteiger partial charge in [-0.3, -0.25) is 9.78 Å². The number of carboxylic acids is 1. The van der Waals surface area contributed by atoms with E-state index in [1.807, 2.05) is 27.7 Å². The van der Waals surface area contributed by atoms with Crippen LogP contribution in [-0.4, -0.2) is 43.6 Å². The third kappa shape index (κ3) is 6.45. The van der Waals surface area contributed by atoms with E-state index < -0.39 is 24.6 Å². The van der Waals surface area contributed by atoms with E-state index in [1.165, 1.54) is 18.2 Å². The van der Waals surface area contributed by atoms with Gasteiger partial charge in [-0.15, -0.1) is 0 Å². The van der Waals surface area contributed by atoms with Crippen LogP contribution in [0.2, 0.25) is 0 Å². The molecule has 0 saturated carbocycles. The fraction of sp³-hybridized carbons (Fsp3) is 0.440. The van der Waals surface area contributed by atoms with Crippen LogP contribution in [0.4, 0.5) is 4.39 Å². The first-order valence-electron chi connectivity index (χ1n) is 10.7. The number of aliphatic carboxylic acids is 1. The topological polar surface area (TPSA) is 111 Å². The number of pyridine rings is 1. The minimum Gasteiger partial charge on any atom is -0.481 e. The van der Waals surface area contributed by atoms with E-state index in [0.717, 1.165) is 11.4 Å². The van der Waals surface area contributed by atoms with Gasteiger partial charge in [0.15, 0.2) is 0 Å². The minimum absolute atomic E-state index is 0.0221. The summed E-state index contributed by atoms with van der Waals surface area (Å²) in [5.41, 5.74) is 4.26. The Hall–Kier alpha value is -2.61. The Morgan fingerprint density at radius 2 is 1.66 bits per heavy atom. The second-order valence-corrected chi connectivity index (χ2v) is 8.54. The fourth-order valence-electron chi connectivity index (χ4n) is 3.72. The zero-order valence-electron chi connectivity index (χ0n) is 18.9. The highest BCUT2D eigenvalue weighted by Gasteiger charge is 2.22. The highest BCUT2D eigenvalue weighted by Crippen LogP contribution is 2.37. The predicted molar refractivity (Wildman–Crippen MR) is 122 cm³/mol. The zero-order valence-corrected chi connectivity index (χ0v) is 18.9. The van der Waals surface area contributed by atoms with Crippen molar-refractivity contribution in [1.29, 1.82) is 0 Å². The number of carboxylic acid groups (broad SMARTS) is 1.